The zero-order chi connectivity index (χ0) is 15.1. The number of H-pyrrole nitrogens is 1. The maximum absolute atomic E-state index is 12.0. The molecule has 2 N–H and O–H groups in total. The summed E-state index contributed by atoms with van der Waals surface area (Å²) in [6.45, 7) is 4.18. The molecule has 0 atom stereocenters. The Morgan fingerprint density at radius 1 is 1.35 bits per heavy atom. The quantitative estimate of drug-likeness (QED) is 0.605. The zero-order valence-electron chi connectivity index (χ0n) is 12.0. The fraction of sp³-hybridized carbons (Fsp3) is 0.500. The van der Waals surface area contributed by atoms with Crippen LogP contribution < -0.4 is 10.9 Å². The van der Waals surface area contributed by atoms with Gasteiger partial charge in [-0.25, -0.2) is 0 Å². The van der Waals surface area contributed by atoms with Gasteiger partial charge in [-0.3, -0.25) is 14.4 Å². The van der Waals surface area contributed by atoms with Gasteiger partial charge >= 0.3 is 5.97 Å². The molecule has 0 aromatic carbocycles. The first-order valence-corrected chi connectivity index (χ1v) is 6.54. The molecule has 1 aromatic rings. The Morgan fingerprint density at radius 3 is 2.65 bits per heavy atom. The minimum absolute atomic E-state index is 0.0414. The summed E-state index contributed by atoms with van der Waals surface area (Å²) in [5.74, 6) is -0.513. The van der Waals surface area contributed by atoms with Gasteiger partial charge in [-0.15, -0.1) is 0 Å². The van der Waals surface area contributed by atoms with E-state index in [0.717, 1.165) is 0 Å². The van der Waals surface area contributed by atoms with E-state index in [1.807, 2.05) is 13.8 Å². The molecule has 6 heteroatoms. The standard InChI is InChI=1S/C14H20N2O4/c1-9(2)13-10(6-7-11(17)16-13)14(19)15-8-4-5-12(18)20-3/h6-7,9H,4-5,8H2,1-3H3,(H,15,19)(H,16,17). The third-order valence-electron chi connectivity index (χ3n) is 2.84. The van der Waals surface area contributed by atoms with E-state index in [2.05, 4.69) is 15.0 Å². The average molecular weight is 280 g/mol. The number of rotatable bonds is 6. The van der Waals surface area contributed by atoms with Gasteiger partial charge in [0.05, 0.1) is 12.7 Å². The molecule has 0 saturated heterocycles. The predicted octanol–water partition coefficient (Wildman–Crippen LogP) is 1.18. The van der Waals surface area contributed by atoms with Crippen LogP contribution in [0.15, 0.2) is 16.9 Å². The molecule has 0 aliphatic rings. The highest BCUT2D eigenvalue weighted by Gasteiger charge is 2.14. The number of aromatic nitrogens is 1. The van der Waals surface area contributed by atoms with Crippen LogP contribution in [0.5, 0.6) is 0 Å². The molecule has 0 aliphatic heterocycles. The van der Waals surface area contributed by atoms with Gasteiger partial charge in [-0.05, 0) is 18.4 Å². The Balaban J connectivity index is 2.64. The van der Waals surface area contributed by atoms with E-state index in [9.17, 15) is 14.4 Å². The molecule has 1 heterocycles. The lowest BCUT2D eigenvalue weighted by Gasteiger charge is -2.12. The first-order chi connectivity index (χ1) is 9.45. The van der Waals surface area contributed by atoms with Crippen molar-refractivity contribution < 1.29 is 14.3 Å². The number of nitrogens with one attached hydrogen (secondary N) is 2. The zero-order valence-corrected chi connectivity index (χ0v) is 12.0. The van der Waals surface area contributed by atoms with Crippen molar-refractivity contribution in [2.75, 3.05) is 13.7 Å². The number of amides is 1. The van der Waals surface area contributed by atoms with E-state index in [1.54, 1.807) is 0 Å². The average Bonchev–Trinajstić information content (AvgIpc) is 2.42. The van der Waals surface area contributed by atoms with Crippen molar-refractivity contribution in [1.82, 2.24) is 10.3 Å². The summed E-state index contributed by atoms with van der Waals surface area (Å²) in [5.41, 5.74) is 0.844. The van der Waals surface area contributed by atoms with Crippen molar-refractivity contribution >= 4 is 11.9 Å². The van der Waals surface area contributed by atoms with Crippen LogP contribution in [0.1, 0.15) is 48.7 Å². The van der Waals surface area contributed by atoms with Gasteiger partial charge in [0.25, 0.3) is 5.91 Å². The van der Waals surface area contributed by atoms with Gasteiger partial charge in [-0.2, -0.15) is 0 Å². The van der Waals surface area contributed by atoms with Gasteiger partial charge < -0.3 is 15.0 Å². The molecule has 20 heavy (non-hydrogen) atoms. The lowest BCUT2D eigenvalue weighted by atomic mass is 10.0. The minimum atomic E-state index is -0.300. The molecule has 0 unspecified atom stereocenters. The summed E-state index contributed by atoms with van der Waals surface area (Å²) in [7, 11) is 1.33. The van der Waals surface area contributed by atoms with Gasteiger partial charge in [0.2, 0.25) is 5.56 Å². The predicted molar refractivity (Wildman–Crippen MR) is 74.7 cm³/mol. The lowest BCUT2D eigenvalue weighted by molar-refractivity contribution is -0.140. The highest BCUT2D eigenvalue weighted by molar-refractivity contribution is 5.95. The van der Waals surface area contributed by atoms with Crippen LogP contribution in [0.4, 0.5) is 0 Å². The van der Waals surface area contributed by atoms with E-state index in [4.69, 9.17) is 0 Å². The molecule has 110 valence electrons. The van der Waals surface area contributed by atoms with Crippen molar-refractivity contribution in [1.29, 1.82) is 0 Å². The number of methoxy groups -OCH3 is 1. The van der Waals surface area contributed by atoms with Crippen molar-refractivity contribution in [3.63, 3.8) is 0 Å². The van der Waals surface area contributed by atoms with Crippen LogP contribution in [-0.4, -0.2) is 30.5 Å². The van der Waals surface area contributed by atoms with Crippen molar-refractivity contribution in [3.8, 4) is 0 Å². The normalized spacial score (nSPS) is 10.4. The first kappa shape index (κ1) is 15.9. The Kier molecular flexibility index (Phi) is 5.96. The second-order valence-corrected chi connectivity index (χ2v) is 4.74. The van der Waals surface area contributed by atoms with Crippen LogP contribution in [0.25, 0.3) is 0 Å². The molecule has 0 aliphatic carbocycles. The molecule has 0 fully saturated rings. The summed E-state index contributed by atoms with van der Waals surface area (Å²) in [6.07, 6.45) is 0.776. The Hall–Kier alpha value is -2.11. The highest BCUT2D eigenvalue weighted by atomic mass is 16.5. The van der Waals surface area contributed by atoms with Gasteiger partial charge in [0.15, 0.2) is 0 Å². The van der Waals surface area contributed by atoms with E-state index < -0.39 is 0 Å². The third-order valence-corrected chi connectivity index (χ3v) is 2.84. The topological polar surface area (TPSA) is 88.3 Å². The van der Waals surface area contributed by atoms with E-state index in [1.165, 1.54) is 19.2 Å². The van der Waals surface area contributed by atoms with Crippen LogP contribution in [0.3, 0.4) is 0 Å². The largest absolute Gasteiger partial charge is 0.469 e. The molecule has 0 spiro atoms. The summed E-state index contributed by atoms with van der Waals surface area (Å²) in [5, 5.41) is 2.72. The number of aromatic amines is 1. The second kappa shape index (κ2) is 7.47. The van der Waals surface area contributed by atoms with Crippen molar-refractivity contribution in [2.24, 2.45) is 0 Å². The van der Waals surface area contributed by atoms with Crippen molar-refractivity contribution in [3.05, 3.63) is 33.7 Å². The van der Waals surface area contributed by atoms with Crippen LogP contribution in [0.2, 0.25) is 0 Å². The smallest absolute Gasteiger partial charge is 0.305 e. The molecular formula is C14H20N2O4. The number of carbonyl (C=O) groups excluding carboxylic acids is 2. The SMILES string of the molecule is COC(=O)CCCNC(=O)c1ccc(=O)[nH]c1C(C)C. The number of carbonyl (C=O) groups is 2. The molecule has 0 saturated carbocycles. The molecule has 0 bridgehead atoms. The molecule has 0 radical (unpaired) electrons. The third kappa shape index (κ3) is 4.53. The summed E-state index contributed by atoms with van der Waals surface area (Å²) in [4.78, 5) is 37.0. The molecule has 1 rings (SSSR count). The number of pyridine rings is 1. The molecular weight excluding hydrogens is 260 g/mol. The fourth-order valence-electron chi connectivity index (χ4n) is 1.78. The molecule has 1 aromatic heterocycles. The molecule has 6 nitrogen and oxygen atoms in total. The number of hydrogen-bond donors (Lipinski definition) is 2. The number of hydrogen-bond acceptors (Lipinski definition) is 4. The second-order valence-electron chi connectivity index (χ2n) is 4.74. The first-order valence-electron chi connectivity index (χ1n) is 6.54. The summed E-state index contributed by atoms with van der Waals surface area (Å²) < 4.78 is 4.51. The maximum Gasteiger partial charge on any atom is 0.305 e. The minimum Gasteiger partial charge on any atom is -0.469 e. The fourth-order valence-corrected chi connectivity index (χ4v) is 1.78. The van der Waals surface area contributed by atoms with Crippen LogP contribution >= 0.6 is 0 Å². The van der Waals surface area contributed by atoms with E-state index in [-0.39, 0.29) is 29.8 Å². The van der Waals surface area contributed by atoms with E-state index >= 15 is 0 Å². The number of esters is 1. The van der Waals surface area contributed by atoms with Gasteiger partial charge in [-0.1, -0.05) is 13.8 Å². The Morgan fingerprint density at radius 2 is 2.05 bits per heavy atom. The maximum atomic E-state index is 12.0. The van der Waals surface area contributed by atoms with E-state index in [0.29, 0.717) is 24.2 Å². The summed E-state index contributed by atoms with van der Waals surface area (Å²) in [6, 6.07) is 2.85. The molecule has 1 amide bonds. The van der Waals surface area contributed by atoms with Crippen LogP contribution in [0, 0.1) is 0 Å². The Bertz CT molecular complexity index is 534. The van der Waals surface area contributed by atoms with Crippen LogP contribution in [-0.2, 0) is 9.53 Å². The van der Waals surface area contributed by atoms with Crippen molar-refractivity contribution in [2.45, 2.75) is 32.6 Å². The summed E-state index contributed by atoms with van der Waals surface area (Å²) >= 11 is 0. The van der Waals surface area contributed by atoms with Gasteiger partial charge in [0, 0.05) is 24.7 Å². The lowest BCUT2D eigenvalue weighted by Crippen LogP contribution is -2.27. The Labute approximate surface area is 117 Å². The number of ether oxygens (including phenoxy) is 1. The monoisotopic (exact) mass is 280 g/mol. The van der Waals surface area contributed by atoms with Gasteiger partial charge in [0.1, 0.15) is 0 Å². The highest BCUT2D eigenvalue weighted by Crippen LogP contribution is 2.14.